The van der Waals surface area contributed by atoms with Crippen molar-refractivity contribution < 1.29 is 14.3 Å². The molecule has 1 aromatic heterocycles. The molecular formula is C17H26BrN3O3. The normalized spacial score (nSPS) is 29.7. The lowest BCUT2D eigenvalue weighted by Gasteiger charge is -2.34. The van der Waals surface area contributed by atoms with Crippen LogP contribution in [0.4, 0.5) is 0 Å². The summed E-state index contributed by atoms with van der Waals surface area (Å²) in [6.07, 6.45) is 3.89. The van der Waals surface area contributed by atoms with Crippen molar-refractivity contribution in [2.24, 2.45) is 18.9 Å². The van der Waals surface area contributed by atoms with E-state index in [1.807, 2.05) is 38.6 Å². The number of esters is 1. The molecule has 1 aromatic rings. The van der Waals surface area contributed by atoms with Gasteiger partial charge in [-0.2, -0.15) is 0 Å². The number of carbonyl (C=O) groups excluding carboxylic acids is 1. The van der Waals surface area contributed by atoms with Crippen LogP contribution in [-0.4, -0.2) is 40.8 Å². The Morgan fingerprint density at radius 1 is 1.50 bits per heavy atom. The molecule has 2 aliphatic rings. The van der Waals surface area contributed by atoms with Gasteiger partial charge in [0.15, 0.2) is 0 Å². The fourth-order valence-corrected chi connectivity index (χ4v) is 4.55. The van der Waals surface area contributed by atoms with Gasteiger partial charge in [-0.15, -0.1) is 0 Å². The van der Waals surface area contributed by atoms with Gasteiger partial charge in [0.25, 0.3) is 0 Å². The Hall–Kier alpha value is -0.920. The number of hydrogen-bond donors (Lipinski definition) is 1. The lowest BCUT2D eigenvalue weighted by atomic mass is 9.87. The minimum absolute atomic E-state index is 0.0506. The molecule has 3 unspecified atom stereocenters. The summed E-state index contributed by atoms with van der Waals surface area (Å²) in [4.78, 5) is 16.8. The van der Waals surface area contributed by atoms with Crippen LogP contribution in [0.25, 0.3) is 0 Å². The van der Waals surface area contributed by atoms with Crippen molar-refractivity contribution in [2.45, 2.75) is 44.8 Å². The van der Waals surface area contributed by atoms with Crippen molar-refractivity contribution in [2.75, 3.05) is 19.7 Å². The summed E-state index contributed by atoms with van der Waals surface area (Å²) in [5.41, 5.74) is -1.04. The average molecular weight is 400 g/mol. The molecule has 2 heterocycles. The average Bonchev–Trinajstić information content (AvgIpc) is 3.11. The van der Waals surface area contributed by atoms with Gasteiger partial charge in [-0.1, -0.05) is 0 Å². The van der Waals surface area contributed by atoms with Crippen molar-refractivity contribution in [3.63, 3.8) is 0 Å². The fraction of sp³-hybridized carbons (Fsp3) is 0.765. The number of nitrogens with one attached hydrogen (secondary N) is 1. The van der Waals surface area contributed by atoms with Gasteiger partial charge in [0.05, 0.1) is 0 Å². The van der Waals surface area contributed by atoms with E-state index in [0.717, 1.165) is 36.4 Å². The predicted octanol–water partition coefficient (Wildman–Crippen LogP) is 2.37. The van der Waals surface area contributed by atoms with E-state index < -0.39 is 11.2 Å². The first-order valence-corrected chi connectivity index (χ1v) is 9.26. The molecule has 2 fully saturated rings. The van der Waals surface area contributed by atoms with Crippen molar-refractivity contribution >= 4 is 21.9 Å². The summed E-state index contributed by atoms with van der Waals surface area (Å²) in [6, 6.07) is 0. The number of halogens is 1. The zero-order chi connectivity index (χ0) is 17.5. The van der Waals surface area contributed by atoms with Crippen LogP contribution < -0.4 is 5.32 Å². The van der Waals surface area contributed by atoms with E-state index in [9.17, 15) is 4.79 Å². The Morgan fingerprint density at radius 3 is 2.88 bits per heavy atom. The lowest BCUT2D eigenvalue weighted by Crippen LogP contribution is -2.41. The smallest absolute Gasteiger partial charge is 0.332 e. The number of hydrogen-bond acceptors (Lipinski definition) is 5. The van der Waals surface area contributed by atoms with Gasteiger partial charge in [-0.05, 0) is 62.0 Å². The second kappa shape index (κ2) is 6.42. The van der Waals surface area contributed by atoms with Crippen molar-refractivity contribution in [3.05, 3.63) is 16.6 Å². The van der Waals surface area contributed by atoms with Gasteiger partial charge in [0.2, 0.25) is 0 Å². The monoisotopic (exact) mass is 399 g/mol. The Bertz CT molecular complexity index is 625. The van der Waals surface area contributed by atoms with E-state index in [2.05, 4.69) is 26.2 Å². The number of fused-ring (bicyclic) bond motifs is 1. The van der Waals surface area contributed by atoms with Crippen LogP contribution in [0.15, 0.2) is 10.8 Å². The van der Waals surface area contributed by atoms with E-state index in [4.69, 9.17) is 9.47 Å². The minimum Gasteiger partial charge on any atom is -0.458 e. The van der Waals surface area contributed by atoms with E-state index in [0.29, 0.717) is 11.8 Å². The number of ether oxygens (including phenoxy) is 2. The minimum atomic E-state index is -0.536. The molecule has 0 radical (unpaired) electrons. The molecule has 1 aliphatic heterocycles. The molecule has 24 heavy (non-hydrogen) atoms. The highest BCUT2D eigenvalue weighted by Crippen LogP contribution is 2.50. The molecular weight excluding hydrogens is 374 g/mol. The number of carbonyl (C=O) groups is 1. The van der Waals surface area contributed by atoms with Crippen LogP contribution in [0.1, 0.15) is 39.4 Å². The molecule has 1 saturated heterocycles. The SMILES string of the molecule is Cn1cc(Br)nc1C1(OCC(=O)OC(C)(C)C)CCC2CNCC21. The van der Waals surface area contributed by atoms with E-state index in [-0.39, 0.29) is 12.6 Å². The zero-order valence-electron chi connectivity index (χ0n) is 14.8. The maximum Gasteiger partial charge on any atom is 0.332 e. The summed E-state index contributed by atoms with van der Waals surface area (Å²) >= 11 is 3.45. The lowest BCUT2D eigenvalue weighted by molar-refractivity contribution is -0.171. The summed E-state index contributed by atoms with van der Waals surface area (Å²) in [5, 5.41) is 3.46. The van der Waals surface area contributed by atoms with Gasteiger partial charge in [-0.25, -0.2) is 9.78 Å². The van der Waals surface area contributed by atoms with Crippen LogP contribution in [0.5, 0.6) is 0 Å². The first-order chi connectivity index (χ1) is 11.2. The maximum atomic E-state index is 12.2. The van der Waals surface area contributed by atoms with Crippen molar-refractivity contribution in [1.29, 1.82) is 0 Å². The Kier molecular flexibility index (Phi) is 4.79. The largest absolute Gasteiger partial charge is 0.458 e. The van der Waals surface area contributed by atoms with Gasteiger partial charge in [0.1, 0.15) is 28.2 Å². The van der Waals surface area contributed by atoms with Gasteiger partial charge < -0.3 is 19.4 Å². The van der Waals surface area contributed by atoms with Crippen LogP contribution >= 0.6 is 15.9 Å². The molecule has 3 rings (SSSR count). The third-order valence-electron chi connectivity index (χ3n) is 4.92. The molecule has 3 atom stereocenters. The van der Waals surface area contributed by atoms with Crippen molar-refractivity contribution in [3.8, 4) is 0 Å². The maximum absolute atomic E-state index is 12.2. The molecule has 134 valence electrons. The second-order valence-electron chi connectivity index (χ2n) is 7.83. The van der Waals surface area contributed by atoms with E-state index in [1.165, 1.54) is 0 Å². The molecule has 0 amide bonds. The molecule has 0 aromatic carbocycles. The third-order valence-corrected chi connectivity index (χ3v) is 5.30. The molecule has 1 aliphatic carbocycles. The number of rotatable bonds is 4. The van der Waals surface area contributed by atoms with Gasteiger partial charge >= 0.3 is 5.97 Å². The highest BCUT2D eigenvalue weighted by Gasteiger charge is 2.55. The molecule has 0 spiro atoms. The topological polar surface area (TPSA) is 65.4 Å². The van der Waals surface area contributed by atoms with E-state index in [1.54, 1.807) is 0 Å². The summed E-state index contributed by atoms with van der Waals surface area (Å²) in [5.74, 6) is 1.45. The second-order valence-corrected chi connectivity index (χ2v) is 8.64. The van der Waals surface area contributed by atoms with Crippen LogP contribution in [0, 0.1) is 11.8 Å². The molecule has 1 saturated carbocycles. The highest BCUT2D eigenvalue weighted by molar-refractivity contribution is 9.10. The molecule has 1 N–H and O–H groups in total. The zero-order valence-corrected chi connectivity index (χ0v) is 16.4. The number of aromatic nitrogens is 2. The number of imidazole rings is 1. The quantitative estimate of drug-likeness (QED) is 0.787. The van der Waals surface area contributed by atoms with Crippen LogP contribution in [0.3, 0.4) is 0 Å². The molecule has 7 heteroatoms. The van der Waals surface area contributed by atoms with Crippen LogP contribution in [0.2, 0.25) is 0 Å². The highest BCUT2D eigenvalue weighted by atomic mass is 79.9. The van der Waals surface area contributed by atoms with Gasteiger partial charge in [0, 0.05) is 25.7 Å². The summed E-state index contributed by atoms with van der Waals surface area (Å²) in [7, 11) is 1.97. The first-order valence-electron chi connectivity index (χ1n) is 8.47. The standard InChI is InChI=1S/C17H26BrN3O3/c1-16(2,3)24-14(22)10-23-17(15-20-13(18)9-21(15)4)6-5-11-7-19-8-12(11)17/h9,11-12,19H,5-8,10H2,1-4H3. The van der Waals surface area contributed by atoms with Crippen molar-refractivity contribution in [1.82, 2.24) is 14.9 Å². The van der Waals surface area contributed by atoms with E-state index >= 15 is 0 Å². The third kappa shape index (κ3) is 3.39. The predicted molar refractivity (Wildman–Crippen MR) is 93.5 cm³/mol. The van der Waals surface area contributed by atoms with Gasteiger partial charge in [-0.3, -0.25) is 0 Å². The fourth-order valence-electron chi connectivity index (χ4n) is 4.07. The van der Waals surface area contributed by atoms with Crippen LogP contribution in [-0.2, 0) is 26.9 Å². The molecule has 6 nitrogen and oxygen atoms in total. The summed E-state index contributed by atoms with van der Waals surface area (Å²) in [6.45, 7) is 7.44. The first kappa shape index (κ1) is 17.9. The number of aryl methyl sites for hydroxylation is 1. The Labute approximate surface area is 151 Å². The molecule has 0 bridgehead atoms. The Balaban J connectivity index is 1.84. The Morgan fingerprint density at radius 2 is 2.25 bits per heavy atom. The summed E-state index contributed by atoms with van der Waals surface area (Å²) < 4.78 is 14.5. The number of nitrogens with zero attached hydrogens (tertiary/aromatic N) is 2.